The minimum absolute atomic E-state index is 0.164. The van der Waals surface area contributed by atoms with E-state index < -0.39 is 28.8 Å². The van der Waals surface area contributed by atoms with Crippen molar-refractivity contribution < 1.29 is 27.5 Å². The molecule has 15 heteroatoms. The summed E-state index contributed by atoms with van der Waals surface area (Å²) >= 11 is 11.6. The van der Waals surface area contributed by atoms with E-state index in [1.165, 1.54) is 17.2 Å². The van der Waals surface area contributed by atoms with Crippen LogP contribution in [0.15, 0.2) is 36.8 Å². The number of hydrogen-bond acceptors (Lipinski definition) is 6. The highest BCUT2D eigenvalue weighted by atomic mass is 35.5. The fourth-order valence-corrected chi connectivity index (χ4v) is 4.13. The van der Waals surface area contributed by atoms with Crippen molar-refractivity contribution in [3.63, 3.8) is 0 Å². The molecule has 2 aromatic heterocycles. The van der Waals surface area contributed by atoms with Gasteiger partial charge in [-0.25, -0.2) is 14.8 Å². The molecule has 4 rings (SSSR count). The number of rotatable bonds is 5. The molecule has 1 aliphatic heterocycles. The maximum absolute atomic E-state index is 13.2. The molecule has 0 radical (unpaired) electrons. The summed E-state index contributed by atoms with van der Waals surface area (Å²) in [5.41, 5.74) is -1.01. The minimum Gasteiger partial charge on any atom is -0.378 e. The van der Waals surface area contributed by atoms with E-state index in [0.717, 1.165) is 6.07 Å². The maximum Gasteiger partial charge on any atom is 0.417 e. The molecule has 1 aliphatic rings. The molecular weight excluding hydrogens is 538 g/mol. The van der Waals surface area contributed by atoms with Crippen molar-refractivity contribution in [3.8, 4) is 5.82 Å². The largest absolute Gasteiger partial charge is 0.417 e. The van der Waals surface area contributed by atoms with Gasteiger partial charge in [-0.2, -0.15) is 23.0 Å². The summed E-state index contributed by atoms with van der Waals surface area (Å²) in [5, 5.41) is 8.22. The number of nitrogens with zero attached hydrogens (tertiary/aromatic N) is 5. The Morgan fingerprint density at radius 2 is 1.84 bits per heavy atom. The number of alkyl halides is 3. The van der Waals surface area contributed by atoms with Gasteiger partial charge in [-0.15, -0.1) is 0 Å². The third-order valence-corrected chi connectivity index (χ3v) is 6.05. The van der Waals surface area contributed by atoms with Gasteiger partial charge < -0.3 is 20.3 Å². The highest BCUT2D eigenvalue weighted by Gasteiger charge is 2.34. The molecule has 10 nitrogen and oxygen atoms in total. The van der Waals surface area contributed by atoms with Gasteiger partial charge in [0.1, 0.15) is 6.33 Å². The first-order valence-corrected chi connectivity index (χ1v) is 11.7. The van der Waals surface area contributed by atoms with Crippen LogP contribution in [0.2, 0.25) is 10.0 Å². The third-order valence-electron chi connectivity index (χ3n) is 5.43. The van der Waals surface area contributed by atoms with E-state index in [0.29, 0.717) is 43.8 Å². The molecular formula is C22H20Cl2F3N7O3. The molecule has 2 N–H and O–H groups in total. The van der Waals surface area contributed by atoms with Gasteiger partial charge in [0.25, 0.3) is 5.91 Å². The monoisotopic (exact) mass is 557 g/mol. The molecule has 3 amide bonds. The molecule has 196 valence electrons. The Kier molecular flexibility index (Phi) is 7.85. The Balaban J connectivity index is 1.45. The SMILES string of the molecule is C[C@H](NC(=O)Nc1cc(C(F)(F)F)c(Cl)cc1Cl)c1ncnn1-c1ccc(C(=O)N2CCOCC2)cn1. The number of pyridine rings is 1. The highest BCUT2D eigenvalue weighted by molar-refractivity contribution is 6.37. The fraction of sp³-hybridized carbons (Fsp3) is 0.318. The second-order valence-corrected chi connectivity index (χ2v) is 8.78. The number of carbonyl (C=O) groups excluding carboxylic acids is 2. The first-order chi connectivity index (χ1) is 17.5. The number of amides is 3. The van der Waals surface area contributed by atoms with Gasteiger partial charge in [0.05, 0.1) is 46.1 Å². The van der Waals surface area contributed by atoms with Crippen LogP contribution in [0.5, 0.6) is 0 Å². The van der Waals surface area contributed by atoms with Crippen molar-refractivity contribution in [2.24, 2.45) is 0 Å². The fourth-order valence-electron chi connectivity index (χ4n) is 3.59. The molecule has 0 spiro atoms. The zero-order valence-electron chi connectivity index (χ0n) is 19.2. The summed E-state index contributed by atoms with van der Waals surface area (Å²) in [4.78, 5) is 35.3. The van der Waals surface area contributed by atoms with Gasteiger partial charge >= 0.3 is 12.2 Å². The highest BCUT2D eigenvalue weighted by Crippen LogP contribution is 2.39. The Labute approximate surface area is 218 Å². The summed E-state index contributed by atoms with van der Waals surface area (Å²) in [6.07, 6.45) is -2.05. The van der Waals surface area contributed by atoms with Gasteiger partial charge in [0, 0.05) is 19.3 Å². The first-order valence-electron chi connectivity index (χ1n) is 10.9. The lowest BCUT2D eigenvalue weighted by atomic mass is 10.2. The Bertz CT molecular complexity index is 1300. The second-order valence-electron chi connectivity index (χ2n) is 7.97. The topological polar surface area (TPSA) is 114 Å². The maximum atomic E-state index is 13.2. The molecule has 0 bridgehead atoms. The number of benzene rings is 1. The van der Waals surface area contributed by atoms with E-state index in [9.17, 15) is 22.8 Å². The zero-order chi connectivity index (χ0) is 26.7. The summed E-state index contributed by atoms with van der Waals surface area (Å²) in [6.45, 7) is 3.55. The predicted molar refractivity (Wildman–Crippen MR) is 128 cm³/mol. The lowest BCUT2D eigenvalue weighted by Gasteiger charge is -2.26. The molecule has 1 saturated heterocycles. The Morgan fingerprint density at radius 1 is 1.11 bits per heavy atom. The normalized spacial score (nSPS) is 14.8. The second kappa shape index (κ2) is 10.9. The van der Waals surface area contributed by atoms with E-state index in [-0.39, 0.29) is 22.4 Å². The zero-order valence-corrected chi connectivity index (χ0v) is 20.7. The van der Waals surface area contributed by atoms with Crippen LogP contribution < -0.4 is 10.6 Å². The molecule has 1 atom stereocenters. The van der Waals surface area contributed by atoms with Crippen LogP contribution in [0.3, 0.4) is 0 Å². The van der Waals surface area contributed by atoms with Crippen LogP contribution in [0.1, 0.15) is 34.7 Å². The van der Waals surface area contributed by atoms with Crippen molar-refractivity contribution in [3.05, 3.63) is 63.8 Å². The number of aromatic nitrogens is 4. The van der Waals surface area contributed by atoms with Gasteiger partial charge in [0.2, 0.25) is 0 Å². The van der Waals surface area contributed by atoms with Crippen LogP contribution >= 0.6 is 23.2 Å². The number of anilines is 1. The van der Waals surface area contributed by atoms with E-state index >= 15 is 0 Å². The number of ether oxygens (including phenoxy) is 1. The van der Waals surface area contributed by atoms with Gasteiger partial charge in [-0.05, 0) is 31.2 Å². The summed E-state index contributed by atoms with van der Waals surface area (Å²) in [6, 6.07) is 3.18. The molecule has 0 saturated carbocycles. The summed E-state index contributed by atoms with van der Waals surface area (Å²) in [7, 11) is 0. The average Bonchev–Trinajstić information content (AvgIpc) is 3.35. The molecule has 0 unspecified atom stereocenters. The van der Waals surface area contributed by atoms with Crippen LogP contribution in [0, 0.1) is 0 Å². The number of morpholine rings is 1. The van der Waals surface area contributed by atoms with Crippen molar-refractivity contribution in [2.75, 3.05) is 31.6 Å². The quantitative estimate of drug-likeness (QED) is 0.482. The smallest absolute Gasteiger partial charge is 0.378 e. The number of nitrogens with one attached hydrogen (secondary N) is 2. The Morgan fingerprint density at radius 3 is 2.49 bits per heavy atom. The lowest BCUT2D eigenvalue weighted by molar-refractivity contribution is -0.137. The molecule has 37 heavy (non-hydrogen) atoms. The summed E-state index contributed by atoms with van der Waals surface area (Å²) in [5.74, 6) is 0.464. The van der Waals surface area contributed by atoms with Gasteiger partial charge in [-0.3, -0.25) is 4.79 Å². The number of hydrogen-bond donors (Lipinski definition) is 2. The van der Waals surface area contributed by atoms with Crippen molar-refractivity contribution in [1.82, 2.24) is 30.0 Å². The van der Waals surface area contributed by atoms with Crippen LogP contribution in [0.4, 0.5) is 23.7 Å². The van der Waals surface area contributed by atoms with E-state index in [4.69, 9.17) is 27.9 Å². The number of halogens is 5. The predicted octanol–water partition coefficient (Wildman–Crippen LogP) is 4.34. The Hall–Kier alpha value is -3.42. The number of carbonyl (C=O) groups is 2. The van der Waals surface area contributed by atoms with Gasteiger partial charge in [0.15, 0.2) is 11.6 Å². The number of urea groups is 1. The minimum atomic E-state index is -4.73. The van der Waals surface area contributed by atoms with E-state index in [1.54, 1.807) is 24.0 Å². The van der Waals surface area contributed by atoms with Crippen LogP contribution in [-0.4, -0.2) is 62.9 Å². The van der Waals surface area contributed by atoms with Crippen LogP contribution in [0.25, 0.3) is 5.82 Å². The standard InChI is InChI=1S/C22H20Cl2F3N7O3/c1-12(31-21(36)32-17-8-14(22(25,26)27)15(23)9-16(17)24)19-29-11-30-34(19)18-3-2-13(10-28-18)20(35)33-4-6-37-7-5-33/h2-3,8-12H,4-7H2,1H3,(H2,31,32,36)/t12-/m0/s1. The molecule has 3 aromatic rings. The van der Waals surface area contributed by atoms with Crippen LogP contribution in [-0.2, 0) is 10.9 Å². The molecule has 0 aliphatic carbocycles. The van der Waals surface area contributed by atoms with E-state index in [1.807, 2.05) is 0 Å². The van der Waals surface area contributed by atoms with E-state index in [2.05, 4.69) is 25.7 Å². The van der Waals surface area contributed by atoms with Crippen molar-refractivity contribution >= 4 is 40.8 Å². The van der Waals surface area contributed by atoms with Gasteiger partial charge in [-0.1, -0.05) is 23.2 Å². The first kappa shape index (κ1) is 26.6. The summed E-state index contributed by atoms with van der Waals surface area (Å²) < 4.78 is 46.1. The van der Waals surface area contributed by atoms with Crippen molar-refractivity contribution in [2.45, 2.75) is 19.1 Å². The average molecular weight is 558 g/mol. The molecule has 1 fully saturated rings. The lowest BCUT2D eigenvalue weighted by Crippen LogP contribution is -2.40. The van der Waals surface area contributed by atoms with Crippen molar-refractivity contribution in [1.29, 1.82) is 0 Å². The third kappa shape index (κ3) is 6.12. The molecule has 3 heterocycles. The molecule has 1 aromatic carbocycles.